The number of carbonyl (C=O) groups excluding carboxylic acids is 1. The molecule has 3 heteroatoms. The first kappa shape index (κ1) is 15.9. The standard InChI is InChI=1S/C22H30N2O/c23-11-19-12-24(13-20(19)16-4-2-1-3-5-16)22(25)21-17-7-14-6-15(9-17)10-18(21)8-14/h1-5,14-15,17-21H,6-13,23H2/t14?,15?,17?,18?,19-,20+,21?/m1/s1. The molecule has 1 saturated heterocycles. The summed E-state index contributed by atoms with van der Waals surface area (Å²) in [6.45, 7) is 2.40. The van der Waals surface area contributed by atoms with Crippen LogP contribution < -0.4 is 5.73 Å². The monoisotopic (exact) mass is 338 g/mol. The fraction of sp³-hybridized carbons (Fsp3) is 0.682. The Hall–Kier alpha value is -1.35. The van der Waals surface area contributed by atoms with Gasteiger partial charge in [-0.25, -0.2) is 0 Å². The van der Waals surface area contributed by atoms with Crippen molar-refractivity contribution in [2.75, 3.05) is 19.6 Å². The Labute approximate surface area is 151 Å². The number of rotatable bonds is 3. The van der Waals surface area contributed by atoms with Gasteiger partial charge in [0, 0.05) is 24.9 Å². The molecule has 4 aliphatic carbocycles. The highest BCUT2D eigenvalue weighted by molar-refractivity contribution is 5.80. The zero-order valence-electron chi connectivity index (χ0n) is 15.0. The third-order valence-corrected chi connectivity index (χ3v) is 7.80. The summed E-state index contributed by atoms with van der Waals surface area (Å²) >= 11 is 0. The van der Waals surface area contributed by atoms with Crippen LogP contribution in [0.3, 0.4) is 0 Å². The fourth-order valence-electron chi connectivity index (χ4n) is 6.91. The Balaban J connectivity index is 1.34. The van der Waals surface area contributed by atoms with Gasteiger partial charge < -0.3 is 10.6 Å². The highest BCUT2D eigenvalue weighted by Crippen LogP contribution is 2.57. The van der Waals surface area contributed by atoms with E-state index in [1.165, 1.54) is 37.7 Å². The molecule has 3 nitrogen and oxygen atoms in total. The minimum Gasteiger partial charge on any atom is -0.341 e. The van der Waals surface area contributed by atoms with E-state index < -0.39 is 0 Å². The molecule has 1 aromatic carbocycles. The molecule has 5 aliphatic rings. The predicted octanol–water partition coefficient (Wildman–Crippen LogP) is 3.26. The second-order valence-corrected chi connectivity index (χ2v) is 9.21. The minimum absolute atomic E-state index is 0.320. The normalized spacial score (nSPS) is 42.1. The average Bonchev–Trinajstić information content (AvgIpc) is 3.06. The van der Waals surface area contributed by atoms with Crippen LogP contribution in [0, 0.1) is 35.5 Å². The van der Waals surface area contributed by atoms with Crippen molar-refractivity contribution in [3.63, 3.8) is 0 Å². The van der Waals surface area contributed by atoms with E-state index in [0.717, 1.165) is 24.9 Å². The van der Waals surface area contributed by atoms with E-state index in [-0.39, 0.29) is 0 Å². The SMILES string of the molecule is NC[C@@H]1CN(C(=O)C2C3CC4CC(C3)CC2C4)C[C@H]1c1ccccc1. The fourth-order valence-corrected chi connectivity index (χ4v) is 6.91. The maximum atomic E-state index is 13.5. The quantitative estimate of drug-likeness (QED) is 0.919. The van der Waals surface area contributed by atoms with Crippen LogP contribution in [0.4, 0.5) is 0 Å². The third-order valence-electron chi connectivity index (χ3n) is 7.80. The number of nitrogens with zero attached hydrogens (tertiary/aromatic N) is 1. The van der Waals surface area contributed by atoms with Gasteiger partial charge in [-0.2, -0.15) is 0 Å². The highest BCUT2D eigenvalue weighted by Gasteiger charge is 2.52. The van der Waals surface area contributed by atoms with E-state index in [9.17, 15) is 4.79 Å². The molecule has 0 radical (unpaired) electrons. The predicted molar refractivity (Wildman–Crippen MR) is 98.8 cm³/mol. The maximum absolute atomic E-state index is 13.5. The van der Waals surface area contributed by atoms with E-state index in [4.69, 9.17) is 5.73 Å². The maximum Gasteiger partial charge on any atom is 0.226 e. The van der Waals surface area contributed by atoms with Crippen LogP contribution in [0.1, 0.15) is 43.6 Å². The Bertz CT molecular complexity index is 615. The summed E-state index contributed by atoms with van der Waals surface area (Å²) in [5.74, 6) is 4.81. The first-order valence-corrected chi connectivity index (χ1v) is 10.3. The second-order valence-electron chi connectivity index (χ2n) is 9.21. The number of hydrogen-bond donors (Lipinski definition) is 1. The van der Waals surface area contributed by atoms with E-state index in [1.54, 1.807) is 0 Å². The number of amides is 1. The summed E-state index contributed by atoms with van der Waals surface area (Å²) in [6.07, 6.45) is 6.72. The molecule has 1 aromatic rings. The van der Waals surface area contributed by atoms with Crippen LogP contribution in [-0.4, -0.2) is 30.4 Å². The number of carbonyl (C=O) groups is 1. The van der Waals surface area contributed by atoms with Gasteiger partial charge >= 0.3 is 0 Å². The molecule has 2 atom stereocenters. The van der Waals surface area contributed by atoms with Crippen LogP contribution in [0.25, 0.3) is 0 Å². The lowest BCUT2D eigenvalue weighted by atomic mass is 9.51. The Morgan fingerprint density at radius 2 is 1.60 bits per heavy atom. The van der Waals surface area contributed by atoms with Crippen molar-refractivity contribution in [2.45, 2.75) is 38.0 Å². The Morgan fingerprint density at radius 1 is 0.960 bits per heavy atom. The molecule has 0 aromatic heterocycles. The summed E-state index contributed by atoms with van der Waals surface area (Å²) in [5, 5.41) is 0. The molecule has 1 amide bonds. The molecule has 2 N–H and O–H groups in total. The zero-order valence-corrected chi connectivity index (χ0v) is 15.0. The second kappa shape index (κ2) is 6.12. The van der Waals surface area contributed by atoms with Crippen molar-refractivity contribution < 1.29 is 4.79 Å². The van der Waals surface area contributed by atoms with E-state index >= 15 is 0 Å². The summed E-state index contributed by atoms with van der Waals surface area (Å²) in [4.78, 5) is 15.6. The molecule has 0 unspecified atom stereocenters. The van der Waals surface area contributed by atoms with E-state index in [2.05, 4.69) is 35.2 Å². The minimum atomic E-state index is 0.320. The van der Waals surface area contributed by atoms with Crippen LogP contribution in [0.15, 0.2) is 30.3 Å². The summed E-state index contributed by atoms with van der Waals surface area (Å²) < 4.78 is 0. The Kier molecular flexibility index (Phi) is 3.89. The van der Waals surface area contributed by atoms with E-state index in [1.807, 2.05) is 0 Å². The van der Waals surface area contributed by atoms with Crippen molar-refractivity contribution in [1.82, 2.24) is 4.90 Å². The van der Waals surface area contributed by atoms with Gasteiger partial charge in [-0.15, -0.1) is 0 Å². The lowest BCUT2D eigenvalue weighted by Crippen LogP contribution is -2.51. The van der Waals surface area contributed by atoms with Gasteiger partial charge in [-0.1, -0.05) is 30.3 Å². The topological polar surface area (TPSA) is 46.3 Å². The zero-order chi connectivity index (χ0) is 17.0. The van der Waals surface area contributed by atoms with Crippen molar-refractivity contribution >= 4 is 5.91 Å². The van der Waals surface area contributed by atoms with Gasteiger partial charge in [0.05, 0.1) is 0 Å². The van der Waals surface area contributed by atoms with Crippen molar-refractivity contribution in [2.24, 2.45) is 41.2 Å². The highest BCUT2D eigenvalue weighted by atomic mass is 16.2. The molecular weight excluding hydrogens is 308 g/mol. The van der Waals surface area contributed by atoms with Gasteiger partial charge in [0.1, 0.15) is 0 Å². The Morgan fingerprint density at radius 3 is 2.20 bits per heavy atom. The third kappa shape index (κ3) is 2.63. The van der Waals surface area contributed by atoms with Gasteiger partial charge in [-0.3, -0.25) is 4.79 Å². The molecular formula is C22H30N2O. The van der Waals surface area contributed by atoms with Gasteiger partial charge in [0.25, 0.3) is 0 Å². The smallest absolute Gasteiger partial charge is 0.226 e. The van der Waals surface area contributed by atoms with Gasteiger partial charge in [-0.05, 0) is 73.8 Å². The molecule has 1 heterocycles. The molecule has 0 spiro atoms. The van der Waals surface area contributed by atoms with Gasteiger partial charge in [0.2, 0.25) is 5.91 Å². The average molecular weight is 338 g/mol. The number of hydrogen-bond acceptors (Lipinski definition) is 2. The van der Waals surface area contributed by atoms with E-state index in [0.29, 0.717) is 42.0 Å². The number of benzene rings is 1. The molecule has 1 aliphatic heterocycles. The summed E-state index contributed by atoms with van der Waals surface area (Å²) in [6, 6.07) is 10.7. The van der Waals surface area contributed by atoms with Crippen molar-refractivity contribution in [1.29, 1.82) is 0 Å². The van der Waals surface area contributed by atoms with Crippen LogP contribution in [-0.2, 0) is 4.79 Å². The summed E-state index contributed by atoms with van der Waals surface area (Å²) in [7, 11) is 0. The molecule has 4 saturated carbocycles. The lowest BCUT2D eigenvalue weighted by Gasteiger charge is -2.54. The van der Waals surface area contributed by atoms with Crippen molar-refractivity contribution in [3.8, 4) is 0 Å². The first-order chi connectivity index (χ1) is 12.2. The van der Waals surface area contributed by atoms with Crippen LogP contribution in [0.5, 0.6) is 0 Å². The molecule has 4 bridgehead atoms. The summed E-state index contributed by atoms with van der Waals surface area (Å²) in [5.41, 5.74) is 7.43. The number of likely N-dealkylation sites (tertiary alicyclic amines) is 1. The largest absolute Gasteiger partial charge is 0.341 e. The number of nitrogens with two attached hydrogens (primary N) is 1. The lowest BCUT2D eigenvalue weighted by molar-refractivity contribution is -0.148. The first-order valence-electron chi connectivity index (χ1n) is 10.3. The molecule has 5 fully saturated rings. The van der Waals surface area contributed by atoms with Crippen LogP contribution >= 0.6 is 0 Å². The molecule has 25 heavy (non-hydrogen) atoms. The molecule has 134 valence electrons. The molecule has 6 rings (SSSR count). The van der Waals surface area contributed by atoms with Gasteiger partial charge in [0.15, 0.2) is 0 Å². The van der Waals surface area contributed by atoms with Crippen molar-refractivity contribution in [3.05, 3.63) is 35.9 Å². The van der Waals surface area contributed by atoms with Crippen LogP contribution in [0.2, 0.25) is 0 Å².